The van der Waals surface area contributed by atoms with E-state index in [1.165, 1.54) is 44.9 Å². The summed E-state index contributed by atoms with van der Waals surface area (Å²) in [5, 5.41) is 0. The molecule has 0 N–H and O–H groups in total. The molecule has 2 aromatic carbocycles. The first-order valence-electron chi connectivity index (χ1n) is 13.6. The monoisotopic (exact) mass is 522 g/mol. The van der Waals surface area contributed by atoms with Crippen molar-refractivity contribution in [2.45, 2.75) is 84.2 Å². The molecule has 0 aliphatic heterocycles. The van der Waals surface area contributed by atoms with Crippen LogP contribution in [0.3, 0.4) is 0 Å². The molecule has 2 aliphatic rings. The first kappa shape index (κ1) is 27.6. The highest BCUT2D eigenvalue weighted by molar-refractivity contribution is 5.76. The Hall–Kier alpha value is -2.44. The minimum atomic E-state index is -1.38. The van der Waals surface area contributed by atoms with Gasteiger partial charge in [0.1, 0.15) is 35.7 Å². The summed E-state index contributed by atoms with van der Waals surface area (Å²) in [6, 6.07) is 3.03. The van der Waals surface area contributed by atoms with Gasteiger partial charge >= 0.3 is 5.97 Å². The molecule has 0 saturated heterocycles. The zero-order chi connectivity index (χ0) is 26.5. The van der Waals surface area contributed by atoms with Crippen LogP contribution >= 0.6 is 0 Å². The van der Waals surface area contributed by atoms with Crippen LogP contribution in [0.4, 0.5) is 22.0 Å². The fourth-order valence-electron chi connectivity index (χ4n) is 6.23. The second kappa shape index (κ2) is 12.4. The van der Waals surface area contributed by atoms with Gasteiger partial charge in [0.25, 0.3) is 0 Å². The predicted molar refractivity (Wildman–Crippen MR) is 133 cm³/mol. The fourth-order valence-corrected chi connectivity index (χ4v) is 6.23. The van der Waals surface area contributed by atoms with Gasteiger partial charge < -0.3 is 4.74 Å². The van der Waals surface area contributed by atoms with E-state index in [4.69, 9.17) is 4.74 Å². The van der Waals surface area contributed by atoms with Crippen molar-refractivity contribution in [3.05, 3.63) is 53.1 Å². The third-order valence-corrected chi connectivity index (χ3v) is 8.43. The number of hydrogen-bond acceptors (Lipinski definition) is 2. The molecule has 2 saturated carbocycles. The van der Waals surface area contributed by atoms with Crippen molar-refractivity contribution in [1.82, 2.24) is 0 Å². The van der Waals surface area contributed by atoms with Gasteiger partial charge in [-0.2, -0.15) is 0 Å². The van der Waals surface area contributed by atoms with E-state index in [-0.39, 0.29) is 11.7 Å². The van der Waals surface area contributed by atoms with Crippen LogP contribution in [0, 0.1) is 46.9 Å². The van der Waals surface area contributed by atoms with Crippen LogP contribution in [0.25, 0.3) is 11.1 Å². The summed E-state index contributed by atoms with van der Waals surface area (Å²) in [6.45, 7) is 0.859. The number of benzene rings is 2. The highest BCUT2D eigenvalue weighted by Gasteiger charge is 2.33. The quantitative estimate of drug-likeness (QED) is 0.196. The fraction of sp³-hybridized carbons (Fsp3) is 0.567. The van der Waals surface area contributed by atoms with Gasteiger partial charge in [-0.05, 0) is 74.0 Å². The van der Waals surface area contributed by atoms with Crippen molar-refractivity contribution >= 4 is 5.97 Å². The molecule has 0 unspecified atom stereocenters. The second-order valence-electron chi connectivity index (χ2n) is 10.8. The number of halogens is 5. The molecule has 2 nitrogen and oxygen atoms in total. The number of hydrogen-bond donors (Lipinski definition) is 0. The number of carbonyl (C=O) groups is 1. The van der Waals surface area contributed by atoms with E-state index in [1.54, 1.807) is 0 Å². The summed E-state index contributed by atoms with van der Waals surface area (Å²) in [6.07, 6.45) is 12.3. The Balaban J connectivity index is 1.33. The second-order valence-corrected chi connectivity index (χ2v) is 10.8. The average molecular weight is 523 g/mol. The summed E-state index contributed by atoms with van der Waals surface area (Å²) in [4.78, 5) is 12.7. The largest absolute Gasteiger partial charge is 0.426 e. The number of unbranched alkanes of at least 4 members (excludes halogenated alkanes) is 1. The SMILES string of the molecule is CCCCC1CCC(C2CCC(C(=O)Oc3cc(F)c(-c4cc(F)c(CF)c(F)c4)c(F)c3)CC2)CC1. The van der Waals surface area contributed by atoms with Crippen LogP contribution in [0.2, 0.25) is 0 Å². The molecule has 0 bridgehead atoms. The van der Waals surface area contributed by atoms with E-state index in [0.717, 1.165) is 36.8 Å². The van der Waals surface area contributed by atoms with Crippen LogP contribution in [-0.4, -0.2) is 5.97 Å². The lowest BCUT2D eigenvalue weighted by Gasteiger charge is -2.37. The van der Waals surface area contributed by atoms with Gasteiger partial charge in [0.05, 0.1) is 17.0 Å². The summed E-state index contributed by atoms with van der Waals surface area (Å²) < 4.78 is 75.4. The maximum Gasteiger partial charge on any atom is 0.314 e. The van der Waals surface area contributed by atoms with Gasteiger partial charge in [-0.15, -0.1) is 0 Å². The van der Waals surface area contributed by atoms with Crippen LogP contribution in [-0.2, 0) is 11.5 Å². The van der Waals surface area contributed by atoms with Crippen molar-refractivity contribution in [1.29, 1.82) is 0 Å². The van der Waals surface area contributed by atoms with Crippen LogP contribution < -0.4 is 4.74 Å². The molecule has 7 heteroatoms. The smallest absolute Gasteiger partial charge is 0.314 e. The lowest BCUT2D eigenvalue weighted by atomic mass is 9.68. The minimum absolute atomic E-state index is 0.294. The summed E-state index contributed by atoms with van der Waals surface area (Å²) in [7, 11) is 0. The zero-order valence-electron chi connectivity index (χ0n) is 21.3. The molecule has 0 atom stereocenters. The summed E-state index contributed by atoms with van der Waals surface area (Å²) in [5.41, 5.74) is -1.88. The van der Waals surface area contributed by atoms with Crippen molar-refractivity contribution in [3.8, 4) is 16.9 Å². The molecule has 0 heterocycles. The molecule has 0 aromatic heterocycles. The van der Waals surface area contributed by atoms with E-state index < -0.39 is 52.6 Å². The molecule has 0 radical (unpaired) electrons. The average Bonchev–Trinajstić information content (AvgIpc) is 2.87. The van der Waals surface area contributed by atoms with E-state index in [0.29, 0.717) is 30.9 Å². The van der Waals surface area contributed by atoms with Crippen LogP contribution in [0.1, 0.15) is 83.1 Å². The van der Waals surface area contributed by atoms with E-state index in [1.807, 2.05) is 0 Å². The molecule has 0 amide bonds. The molecule has 2 aromatic rings. The standard InChI is InChI=1S/C30H35F5O2/c1-2-3-4-18-5-7-19(8-6-18)20-9-11-21(12-10-20)30(36)37-23-15-27(34)29(28(35)16-23)22-13-25(32)24(17-31)26(33)14-22/h13-16,18-21H,2-12,17H2,1H3. The van der Waals surface area contributed by atoms with Gasteiger partial charge in [0.15, 0.2) is 0 Å². The van der Waals surface area contributed by atoms with Gasteiger partial charge in [-0.25, -0.2) is 22.0 Å². The van der Waals surface area contributed by atoms with E-state index in [9.17, 15) is 26.7 Å². The van der Waals surface area contributed by atoms with Crippen molar-refractivity contribution < 1.29 is 31.5 Å². The van der Waals surface area contributed by atoms with E-state index in [2.05, 4.69) is 6.92 Å². The molecule has 202 valence electrons. The van der Waals surface area contributed by atoms with Crippen molar-refractivity contribution in [2.75, 3.05) is 0 Å². The molecule has 2 aliphatic carbocycles. The molecule has 37 heavy (non-hydrogen) atoms. The van der Waals surface area contributed by atoms with Crippen LogP contribution in [0.15, 0.2) is 24.3 Å². The number of alkyl halides is 1. The van der Waals surface area contributed by atoms with Gasteiger partial charge in [0.2, 0.25) is 0 Å². The third-order valence-electron chi connectivity index (χ3n) is 8.43. The van der Waals surface area contributed by atoms with Crippen LogP contribution in [0.5, 0.6) is 5.75 Å². The minimum Gasteiger partial charge on any atom is -0.426 e. The predicted octanol–water partition coefficient (Wildman–Crippen LogP) is 9.09. The zero-order valence-corrected chi connectivity index (χ0v) is 21.3. The van der Waals surface area contributed by atoms with Crippen molar-refractivity contribution in [2.24, 2.45) is 23.7 Å². The first-order chi connectivity index (χ1) is 17.8. The Labute approximate surface area is 215 Å². The van der Waals surface area contributed by atoms with Crippen molar-refractivity contribution in [3.63, 3.8) is 0 Å². The number of esters is 1. The maximum absolute atomic E-state index is 14.7. The number of rotatable bonds is 8. The molecule has 2 fully saturated rings. The molecular weight excluding hydrogens is 487 g/mol. The normalized spacial score (nSPS) is 24.2. The summed E-state index contributed by atoms with van der Waals surface area (Å²) >= 11 is 0. The summed E-state index contributed by atoms with van der Waals surface area (Å²) in [5.74, 6) is -3.65. The maximum atomic E-state index is 14.7. The number of ether oxygens (including phenoxy) is 1. The Morgan fingerprint density at radius 3 is 1.86 bits per heavy atom. The molecule has 0 spiro atoms. The topological polar surface area (TPSA) is 26.3 Å². The lowest BCUT2D eigenvalue weighted by molar-refractivity contribution is -0.140. The molecule has 4 rings (SSSR count). The van der Waals surface area contributed by atoms with Gasteiger partial charge in [0, 0.05) is 12.1 Å². The number of carbonyl (C=O) groups excluding carboxylic acids is 1. The molecular formula is C30H35F5O2. The Bertz CT molecular complexity index is 1040. The van der Waals surface area contributed by atoms with Gasteiger partial charge in [-0.3, -0.25) is 4.79 Å². The Kier molecular flexibility index (Phi) is 9.25. The van der Waals surface area contributed by atoms with E-state index >= 15 is 0 Å². The third kappa shape index (κ3) is 6.53. The highest BCUT2D eigenvalue weighted by atomic mass is 19.2. The Morgan fingerprint density at radius 2 is 1.35 bits per heavy atom. The highest BCUT2D eigenvalue weighted by Crippen LogP contribution is 2.42. The Morgan fingerprint density at radius 1 is 0.811 bits per heavy atom. The first-order valence-corrected chi connectivity index (χ1v) is 13.6. The van der Waals surface area contributed by atoms with Gasteiger partial charge in [-0.1, -0.05) is 39.0 Å². The lowest BCUT2D eigenvalue weighted by Crippen LogP contribution is -2.30.